The normalized spacial score (nSPS) is 15.2. The standard InChI is InChI=1S/C22H28N2O3S2/c1-3-14-29(26,27)21-7-5-4-6-19(21)22(25)23-20-9-8-18(15-17(20)2)16-24-10-12-28-13-11-24/h4-9,15H,3,10-14,16H2,1-2H3,(H,23,25). The van der Waals surface area contributed by atoms with Gasteiger partial charge in [0.15, 0.2) is 9.84 Å². The summed E-state index contributed by atoms with van der Waals surface area (Å²) < 4.78 is 25.0. The van der Waals surface area contributed by atoms with E-state index in [9.17, 15) is 13.2 Å². The van der Waals surface area contributed by atoms with Crippen molar-refractivity contribution in [3.8, 4) is 0 Å². The van der Waals surface area contributed by atoms with E-state index < -0.39 is 15.7 Å². The van der Waals surface area contributed by atoms with E-state index in [1.807, 2.05) is 37.7 Å². The third-order valence-electron chi connectivity index (χ3n) is 4.99. The van der Waals surface area contributed by atoms with Crippen LogP contribution >= 0.6 is 11.8 Å². The van der Waals surface area contributed by atoms with E-state index in [1.54, 1.807) is 18.2 Å². The first kappa shape index (κ1) is 21.9. The molecule has 2 aromatic rings. The van der Waals surface area contributed by atoms with Gasteiger partial charge in [0, 0.05) is 36.8 Å². The maximum absolute atomic E-state index is 12.9. The van der Waals surface area contributed by atoms with Crippen LogP contribution in [0.25, 0.3) is 0 Å². The number of amides is 1. The van der Waals surface area contributed by atoms with E-state index in [2.05, 4.69) is 16.3 Å². The van der Waals surface area contributed by atoms with Crippen LogP contribution in [0.1, 0.15) is 34.8 Å². The molecule has 1 aliphatic heterocycles. The van der Waals surface area contributed by atoms with Gasteiger partial charge in [-0.3, -0.25) is 9.69 Å². The van der Waals surface area contributed by atoms with Crippen molar-refractivity contribution in [3.05, 3.63) is 59.2 Å². The van der Waals surface area contributed by atoms with E-state index >= 15 is 0 Å². The average Bonchev–Trinajstić information content (AvgIpc) is 2.71. The number of hydrogen-bond donors (Lipinski definition) is 1. The van der Waals surface area contributed by atoms with Crippen molar-refractivity contribution < 1.29 is 13.2 Å². The minimum Gasteiger partial charge on any atom is -0.322 e. The van der Waals surface area contributed by atoms with Gasteiger partial charge in [0.2, 0.25) is 0 Å². The summed E-state index contributed by atoms with van der Waals surface area (Å²) in [7, 11) is -3.48. The molecule has 2 aromatic carbocycles. The smallest absolute Gasteiger partial charge is 0.256 e. The first-order valence-electron chi connectivity index (χ1n) is 9.93. The zero-order valence-electron chi connectivity index (χ0n) is 17.0. The maximum Gasteiger partial charge on any atom is 0.256 e. The van der Waals surface area contributed by atoms with Crippen LogP contribution in [0.5, 0.6) is 0 Å². The van der Waals surface area contributed by atoms with Crippen LogP contribution in [0.3, 0.4) is 0 Å². The fraction of sp³-hybridized carbons (Fsp3) is 0.409. The van der Waals surface area contributed by atoms with Gasteiger partial charge in [-0.1, -0.05) is 31.2 Å². The minimum atomic E-state index is -3.48. The van der Waals surface area contributed by atoms with Crippen LogP contribution in [0.4, 0.5) is 5.69 Å². The van der Waals surface area contributed by atoms with E-state index in [0.717, 1.165) is 25.2 Å². The predicted molar refractivity (Wildman–Crippen MR) is 121 cm³/mol. The van der Waals surface area contributed by atoms with E-state index in [0.29, 0.717) is 12.1 Å². The summed E-state index contributed by atoms with van der Waals surface area (Å²) in [5, 5.41) is 2.89. The molecule has 5 nitrogen and oxygen atoms in total. The van der Waals surface area contributed by atoms with Crippen molar-refractivity contribution in [2.24, 2.45) is 0 Å². The molecule has 0 aliphatic carbocycles. The van der Waals surface area contributed by atoms with Gasteiger partial charge < -0.3 is 5.32 Å². The van der Waals surface area contributed by atoms with Crippen LogP contribution in [-0.4, -0.2) is 49.6 Å². The Kier molecular flexibility index (Phi) is 7.38. The first-order chi connectivity index (χ1) is 13.9. The lowest BCUT2D eigenvalue weighted by Gasteiger charge is -2.26. The highest BCUT2D eigenvalue weighted by atomic mass is 32.2. The second-order valence-electron chi connectivity index (χ2n) is 7.31. The lowest BCUT2D eigenvalue weighted by atomic mass is 10.1. The molecule has 1 amide bonds. The molecule has 29 heavy (non-hydrogen) atoms. The Hall–Kier alpha value is -1.83. The van der Waals surface area contributed by atoms with Gasteiger partial charge in [0.05, 0.1) is 16.2 Å². The molecule has 0 unspecified atom stereocenters. The molecule has 3 rings (SSSR count). The van der Waals surface area contributed by atoms with Crippen LogP contribution in [0.15, 0.2) is 47.4 Å². The Balaban J connectivity index is 1.76. The molecule has 0 bridgehead atoms. The van der Waals surface area contributed by atoms with Gasteiger partial charge in [-0.2, -0.15) is 11.8 Å². The first-order valence-corrected chi connectivity index (χ1v) is 12.7. The Morgan fingerprint density at radius 1 is 1.14 bits per heavy atom. The number of anilines is 1. The molecule has 1 aliphatic rings. The number of benzene rings is 2. The van der Waals surface area contributed by atoms with Gasteiger partial charge in [-0.25, -0.2) is 8.42 Å². The quantitative estimate of drug-likeness (QED) is 0.717. The molecule has 7 heteroatoms. The summed E-state index contributed by atoms with van der Waals surface area (Å²) in [6, 6.07) is 12.4. The monoisotopic (exact) mass is 432 g/mol. The summed E-state index contributed by atoms with van der Waals surface area (Å²) >= 11 is 1.99. The van der Waals surface area contributed by atoms with Crippen molar-refractivity contribution in [2.45, 2.75) is 31.7 Å². The topological polar surface area (TPSA) is 66.5 Å². The Labute approximate surface area is 177 Å². The van der Waals surface area contributed by atoms with Crippen molar-refractivity contribution in [3.63, 3.8) is 0 Å². The van der Waals surface area contributed by atoms with Gasteiger partial charge >= 0.3 is 0 Å². The molecule has 0 spiro atoms. The zero-order valence-corrected chi connectivity index (χ0v) is 18.6. The van der Waals surface area contributed by atoms with Crippen LogP contribution in [-0.2, 0) is 16.4 Å². The Morgan fingerprint density at radius 2 is 1.86 bits per heavy atom. The summed E-state index contributed by atoms with van der Waals surface area (Å²) in [5.74, 6) is 1.98. The van der Waals surface area contributed by atoms with Crippen molar-refractivity contribution in [1.29, 1.82) is 0 Å². The summed E-state index contributed by atoms with van der Waals surface area (Å²) in [6.07, 6.45) is 0.508. The lowest BCUT2D eigenvalue weighted by molar-refractivity contribution is 0.102. The molecule has 1 fully saturated rings. The molecule has 0 aromatic heterocycles. The largest absolute Gasteiger partial charge is 0.322 e. The number of nitrogens with one attached hydrogen (secondary N) is 1. The summed E-state index contributed by atoms with van der Waals surface area (Å²) in [4.78, 5) is 15.4. The van der Waals surface area contributed by atoms with Gasteiger partial charge in [0.25, 0.3) is 5.91 Å². The lowest BCUT2D eigenvalue weighted by Crippen LogP contribution is -2.31. The number of sulfone groups is 1. The van der Waals surface area contributed by atoms with Crippen molar-refractivity contribution >= 4 is 33.2 Å². The fourth-order valence-electron chi connectivity index (χ4n) is 3.48. The molecular formula is C22H28N2O3S2. The number of rotatable bonds is 7. The minimum absolute atomic E-state index is 0.0278. The number of thioether (sulfide) groups is 1. The van der Waals surface area contributed by atoms with Gasteiger partial charge in [-0.05, 0) is 42.7 Å². The third-order valence-corrected chi connectivity index (χ3v) is 7.90. The number of hydrogen-bond acceptors (Lipinski definition) is 5. The van der Waals surface area contributed by atoms with Crippen LogP contribution in [0.2, 0.25) is 0 Å². The predicted octanol–water partition coefficient (Wildman–Crippen LogP) is 3.98. The average molecular weight is 433 g/mol. The zero-order chi connectivity index (χ0) is 20.9. The molecule has 1 saturated heterocycles. The third kappa shape index (κ3) is 5.62. The van der Waals surface area contributed by atoms with Crippen LogP contribution < -0.4 is 5.32 Å². The molecule has 156 valence electrons. The molecule has 0 saturated carbocycles. The van der Waals surface area contributed by atoms with Gasteiger partial charge in [0.1, 0.15) is 0 Å². The SMILES string of the molecule is CCCS(=O)(=O)c1ccccc1C(=O)Nc1ccc(CN2CCSCC2)cc1C. The molecule has 1 N–H and O–H groups in total. The highest BCUT2D eigenvalue weighted by Gasteiger charge is 2.22. The molecular weight excluding hydrogens is 404 g/mol. The van der Waals surface area contributed by atoms with E-state index in [4.69, 9.17) is 0 Å². The molecule has 0 atom stereocenters. The number of aryl methyl sites for hydroxylation is 1. The van der Waals surface area contributed by atoms with Crippen LogP contribution in [0, 0.1) is 6.92 Å². The van der Waals surface area contributed by atoms with Gasteiger partial charge in [-0.15, -0.1) is 0 Å². The number of nitrogens with zero attached hydrogens (tertiary/aromatic N) is 1. The second-order valence-corrected chi connectivity index (χ2v) is 10.6. The summed E-state index contributed by atoms with van der Waals surface area (Å²) in [5.41, 5.74) is 3.08. The van der Waals surface area contributed by atoms with Crippen molar-refractivity contribution in [1.82, 2.24) is 4.90 Å². The highest BCUT2D eigenvalue weighted by molar-refractivity contribution is 7.99. The maximum atomic E-state index is 12.9. The molecule has 1 heterocycles. The second kappa shape index (κ2) is 9.78. The Bertz CT molecular complexity index is 968. The van der Waals surface area contributed by atoms with Crippen molar-refractivity contribution in [2.75, 3.05) is 35.7 Å². The summed E-state index contributed by atoms with van der Waals surface area (Å²) in [6.45, 7) is 6.89. The van der Waals surface area contributed by atoms with E-state index in [1.165, 1.54) is 23.1 Å². The van der Waals surface area contributed by atoms with E-state index in [-0.39, 0.29) is 16.2 Å². The highest BCUT2D eigenvalue weighted by Crippen LogP contribution is 2.23. The number of carbonyl (C=O) groups is 1. The molecule has 0 radical (unpaired) electrons. The fourth-order valence-corrected chi connectivity index (χ4v) is 5.99. The Morgan fingerprint density at radius 3 is 2.55 bits per heavy atom. The number of carbonyl (C=O) groups excluding carboxylic acids is 1.